The van der Waals surface area contributed by atoms with E-state index >= 15 is 0 Å². The normalized spacial score (nSPS) is 14.3. The van der Waals surface area contributed by atoms with Crippen LogP contribution in [0.4, 0.5) is 0 Å². The van der Waals surface area contributed by atoms with Crippen molar-refractivity contribution in [2.24, 2.45) is 0 Å². The molecule has 0 spiro atoms. The number of hydrogen-bond acceptors (Lipinski definition) is 3. The van der Waals surface area contributed by atoms with Crippen molar-refractivity contribution >= 4 is 0 Å². The first-order valence-electron chi connectivity index (χ1n) is 25.4. The summed E-state index contributed by atoms with van der Waals surface area (Å²) < 4.78 is 0. The van der Waals surface area contributed by atoms with Gasteiger partial charge >= 0.3 is 0 Å². The maximum Gasteiger partial charge on any atom is 0.116 e. The first kappa shape index (κ1) is 57.5. The Morgan fingerprint density at radius 1 is 0.267 bits per heavy atom. The first-order chi connectivity index (χ1) is 29.5. The highest BCUT2D eigenvalue weighted by molar-refractivity contribution is 5.01. The number of aliphatic hydroxyl groups is 3. The largest absolute Gasteiger partial charge is 0.393 e. The van der Waals surface area contributed by atoms with E-state index in [4.69, 9.17) is 0 Å². The second-order valence-electron chi connectivity index (χ2n) is 17.2. The third kappa shape index (κ3) is 37.3. The molecule has 0 aliphatic carbocycles. The molecule has 1 unspecified atom stereocenters. The van der Waals surface area contributed by atoms with Gasteiger partial charge in [0.15, 0.2) is 0 Å². The van der Waals surface area contributed by atoms with Gasteiger partial charge in [0.05, 0.1) is 12.2 Å². The summed E-state index contributed by atoms with van der Waals surface area (Å²) in [6.45, 7) is 6.35. The highest BCUT2D eigenvalue weighted by Crippen LogP contribution is 2.37. The third-order valence-electron chi connectivity index (χ3n) is 11.6. The van der Waals surface area contributed by atoms with Crippen LogP contribution in [0.25, 0.3) is 0 Å². The quantitative estimate of drug-likeness (QED) is 0.0423. The number of hydrogen-bond donors (Lipinski definition) is 3. The predicted molar refractivity (Wildman–Crippen MR) is 269 cm³/mol. The van der Waals surface area contributed by atoms with Gasteiger partial charge in [-0.25, -0.2) is 0 Å². The van der Waals surface area contributed by atoms with E-state index in [-0.39, 0.29) is 6.61 Å². The number of unbranched alkanes of at least 4 members (excludes halogenated alkanes) is 18. The van der Waals surface area contributed by atoms with Gasteiger partial charge < -0.3 is 15.3 Å². The van der Waals surface area contributed by atoms with Crippen molar-refractivity contribution in [1.29, 1.82) is 0 Å². The Bertz CT molecular complexity index is 1110. The average molecular weight is 831 g/mol. The first-order valence-corrected chi connectivity index (χ1v) is 25.4. The van der Waals surface area contributed by atoms with Gasteiger partial charge in [-0.2, -0.15) is 0 Å². The van der Waals surface area contributed by atoms with Crippen LogP contribution in [0.1, 0.15) is 233 Å². The number of aliphatic hydroxyl groups excluding tert-OH is 1. The zero-order valence-corrected chi connectivity index (χ0v) is 39.8. The molecule has 0 amide bonds. The summed E-state index contributed by atoms with van der Waals surface area (Å²) in [4.78, 5) is 0. The molecule has 0 saturated heterocycles. The van der Waals surface area contributed by atoms with Gasteiger partial charge in [0.1, 0.15) is 5.60 Å². The Labute approximate surface area is 373 Å². The molecule has 3 heteroatoms. The molecule has 344 valence electrons. The zero-order valence-electron chi connectivity index (χ0n) is 39.8. The molecule has 0 aromatic rings. The molecule has 0 radical (unpaired) electrons. The Hall–Kier alpha value is -2.46. The Kier molecular flexibility index (Phi) is 44.2. The van der Waals surface area contributed by atoms with Crippen LogP contribution in [-0.4, -0.2) is 33.1 Å². The Balaban J connectivity index is 4.81. The molecule has 0 aliphatic heterocycles. The summed E-state index contributed by atoms with van der Waals surface area (Å²) >= 11 is 0. The van der Waals surface area contributed by atoms with Crippen molar-refractivity contribution in [3.63, 3.8) is 0 Å². The third-order valence-corrected chi connectivity index (χ3v) is 11.6. The second-order valence-corrected chi connectivity index (χ2v) is 17.2. The van der Waals surface area contributed by atoms with Crippen LogP contribution in [0, 0.1) is 0 Å². The van der Waals surface area contributed by atoms with Crippen LogP contribution in [-0.2, 0) is 0 Å². The molecule has 1 atom stereocenters. The summed E-state index contributed by atoms with van der Waals surface area (Å²) in [6.07, 6.45) is 75.4. The lowest BCUT2D eigenvalue weighted by molar-refractivity contribution is -0.185. The zero-order chi connectivity index (χ0) is 43.8. The van der Waals surface area contributed by atoms with Gasteiger partial charge in [0, 0.05) is 0 Å². The molecule has 3 nitrogen and oxygen atoms in total. The lowest BCUT2D eigenvalue weighted by Gasteiger charge is -2.43. The molecule has 0 saturated carbocycles. The minimum absolute atomic E-state index is 0.389. The fourth-order valence-electron chi connectivity index (χ4n) is 7.49. The van der Waals surface area contributed by atoms with Crippen molar-refractivity contribution < 1.29 is 15.3 Å². The Morgan fingerprint density at radius 3 is 0.717 bits per heavy atom. The fourth-order valence-corrected chi connectivity index (χ4v) is 7.49. The van der Waals surface area contributed by atoms with E-state index in [2.05, 4.69) is 130 Å². The standard InChI is InChI=1S/C57H98O3/c1-4-7-10-13-16-19-22-25-28-31-34-37-40-43-46-49-52-56(59,53-50-47-44-41-38-35-32-29-26-23-20-17-14-11-8-5-2)57(60,55-58)54-51-48-45-42-39-36-33-30-27-24-21-18-15-12-9-6-3/h16-21,25-30,34-39,58-60H,4-15,22-24,31-33,40-55H2,1-3H3/b19-16-,20-17-,21-18-,28-25-,29-26-,30-27-,37-34-,38-35-,39-36-. The van der Waals surface area contributed by atoms with Crippen LogP contribution in [0.15, 0.2) is 109 Å². The number of allylic oxidation sites excluding steroid dienone is 18. The maximum atomic E-state index is 12.1. The molecule has 0 heterocycles. The molecule has 0 aliphatic rings. The van der Waals surface area contributed by atoms with Gasteiger partial charge in [0.2, 0.25) is 0 Å². The molecule has 0 aromatic carbocycles. The molecule has 60 heavy (non-hydrogen) atoms. The van der Waals surface area contributed by atoms with Gasteiger partial charge in [-0.05, 0) is 135 Å². The van der Waals surface area contributed by atoms with Crippen molar-refractivity contribution in [2.75, 3.05) is 6.61 Å². The summed E-state index contributed by atoms with van der Waals surface area (Å²) in [5, 5.41) is 34.5. The van der Waals surface area contributed by atoms with Crippen LogP contribution >= 0.6 is 0 Å². The van der Waals surface area contributed by atoms with Gasteiger partial charge in [-0.3, -0.25) is 0 Å². The van der Waals surface area contributed by atoms with Crippen LogP contribution < -0.4 is 0 Å². The lowest BCUT2D eigenvalue weighted by Crippen LogP contribution is -2.56. The van der Waals surface area contributed by atoms with E-state index in [9.17, 15) is 15.3 Å². The Morgan fingerprint density at radius 2 is 0.483 bits per heavy atom. The van der Waals surface area contributed by atoms with Crippen LogP contribution in [0.3, 0.4) is 0 Å². The van der Waals surface area contributed by atoms with Crippen LogP contribution in [0.5, 0.6) is 0 Å². The molecule has 0 aromatic heterocycles. The monoisotopic (exact) mass is 831 g/mol. The smallest absolute Gasteiger partial charge is 0.116 e. The summed E-state index contributed by atoms with van der Waals surface area (Å²) in [6, 6.07) is 0. The maximum absolute atomic E-state index is 12.1. The van der Waals surface area contributed by atoms with Gasteiger partial charge in [0.25, 0.3) is 0 Å². The van der Waals surface area contributed by atoms with Crippen molar-refractivity contribution in [3.05, 3.63) is 109 Å². The fraction of sp³-hybridized carbons (Fsp3) is 0.684. The van der Waals surface area contributed by atoms with Crippen molar-refractivity contribution in [2.45, 2.75) is 244 Å². The molecule has 0 bridgehead atoms. The summed E-state index contributed by atoms with van der Waals surface area (Å²) in [5.74, 6) is 0. The minimum Gasteiger partial charge on any atom is -0.393 e. The van der Waals surface area contributed by atoms with E-state index in [1.807, 2.05) is 0 Å². The predicted octanol–water partition coefficient (Wildman–Crippen LogP) is 17.4. The average Bonchev–Trinajstić information content (AvgIpc) is 3.25. The van der Waals surface area contributed by atoms with Crippen molar-refractivity contribution in [1.82, 2.24) is 0 Å². The molecule has 0 fully saturated rings. The summed E-state index contributed by atoms with van der Waals surface area (Å²) in [7, 11) is 0. The molecule has 3 N–H and O–H groups in total. The summed E-state index contributed by atoms with van der Waals surface area (Å²) in [5.41, 5.74) is -2.74. The molecular formula is C57H98O3. The van der Waals surface area contributed by atoms with Gasteiger partial charge in [-0.15, -0.1) is 0 Å². The van der Waals surface area contributed by atoms with E-state index in [0.29, 0.717) is 19.3 Å². The highest BCUT2D eigenvalue weighted by Gasteiger charge is 2.47. The van der Waals surface area contributed by atoms with E-state index < -0.39 is 11.2 Å². The second kappa shape index (κ2) is 46.1. The van der Waals surface area contributed by atoms with E-state index in [0.717, 1.165) is 116 Å². The van der Waals surface area contributed by atoms with E-state index in [1.165, 1.54) is 77.0 Å². The van der Waals surface area contributed by atoms with Crippen LogP contribution in [0.2, 0.25) is 0 Å². The van der Waals surface area contributed by atoms with E-state index in [1.54, 1.807) is 0 Å². The van der Waals surface area contributed by atoms with Crippen molar-refractivity contribution in [3.8, 4) is 0 Å². The molecular weight excluding hydrogens is 733 g/mol. The van der Waals surface area contributed by atoms with Gasteiger partial charge in [-0.1, -0.05) is 207 Å². The molecule has 0 rings (SSSR count). The SMILES string of the molecule is CCCCC/C=C\C/C=C\C/C=C\CCCCCC(O)(CO)C(O)(CCCCC/C=C\C/C=C\C/C=C\CCCCC)CCCCC/C=C\C/C=C\C/C=C\CCCCC. The topological polar surface area (TPSA) is 60.7 Å². The number of rotatable bonds is 44. The lowest BCUT2D eigenvalue weighted by atomic mass is 9.73. The minimum atomic E-state index is -1.47. The highest BCUT2D eigenvalue weighted by atomic mass is 16.4.